The molecule has 3 nitrogen and oxygen atoms in total. The summed E-state index contributed by atoms with van der Waals surface area (Å²) < 4.78 is 8.40. The number of H-pyrrole nitrogens is 1. The third kappa shape index (κ3) is 2.32. The Kier molecular flexibility index (Phi) is 3.26. The Hall–Kier alpha value is -0.610. The van der Waals surface area contributed by atoms with E-state index in [0.29, 0.717) is 12.0 Å². The second-order valence-corrected chi connectivity index (χ2v) is 4.76. The topological polar surface area (TPSA) is 29.9 Å². The number of hydrogen-bond acceptors (Lipinski definition) is 2. The molecule has 4 heteroatoms. The Morgan fingerprint density at radius 3 is 2.73 bits per heavy atom. The van der Waals surface area contributed by atoms with Crippen LogP contribution in [0.3, 0.4) is 0 Å². The smallest absolute Gasteiger partial charge is 0.122 e. The van der Waals surface area contributed by atoms with E-state index in [1.54, 1.807) is 0 Å². The summed E-state index contributed by atoms with van der Waals surface area (Å²) in [5, 5.41) is 3.31. The van der Waals surface area contributed by atoms with Crippen LogP contribution in [0.25, 0.3) is 0 Å². The van der Waals surface area contributed by atoms with Crippen molar-refractivity contribution in [3.63, 3.8) is 0 Å². The summed E-state index contributed by atoms with van der Waals surface area (Å²) in [7, 11) is 0. The highest BCUT2D eigenvalue weighted by molar-refractivity contribution is 7.71. The molecule has 1 N–H and O–H groups in total. The number of rotatable bonds is 2. The van der Waals surface area contributed by atoms with Gasteiger partial charge in [0.1, 0.15) is 4.64 Å². The predicted molar refractivity (Wildman–Crippen MR) is 62.6 cm³/mol. The molecule has 2 rings (SSSR count). The van der Waals surface area contributed by atoms with Crippen LogP contribution in [-0.2, 0) is 4.74 Å². The van der Waals surface area contributed by atoms with Gasteiger partial charge in [-0.1, -0.05) is 12.2 Å². The van der Waals surface area contributed by atoms with E-state index in [0.717, 1.165) is 36.4 Å². The van der Waals surface area contributed by atoms with E-state index in [1.165, 1.54) is 0 Å². The van der Waals surface area contributed by atoms with E-state index in [9.17, 15) is 0 Å². The lowest BCUT2D eigenvalue weighted by atomic mass is 9.93. The fourth-order valence-corrected chi connectivity index (χ4v) is 2.63. The molecule has 1 aromatic rings. The second kappa shape index (κ2) is 4.49. The van der Waals surface area contributed by atoms with E-state index >= 15 is 0 Å². The second-order valence-electron chi connectivity index (χ2n) is 4.34. The quantitative estimate of drug-likeness (QED) is 0.786. The molecule has 0 aromatic carbocycles. The number of nitrogens with one attached hydrogen (secondary N) is 1. The highest BCUT2D eigenvalue weighted by Crippen LogP contribution is 2.27. The number of hydrogen-bond donors (Lipinski definition) is 1. The van der Waals surface area contributed by atoms with Gasteiger partial charge in [-0.15, -0.1) is 0 Å². The van der Waals surface area contributed by atoms with Crippen LogP contribution in [0.4, 0.5) is 0 Å². The fourth-order valence-electron chi connectivity index (χ4n) is 2.24. The zero-order valence-electron chi connectivity index (χ0n) is 9.32. The molecule has 0 saturated carbocycles. The Morgan fingerprint density at radius 2 is 2.20 bits per heavy atom. The molecule has 15 heavy (non-hydrogen) atoms. The number of aromatic amines is 1. The fraction of sp³-hybridized carbons (Fsp3) is 0.727. The number of nitrogens with zero attached hydrogens (tertiary/aromatic N) is 1. The first-order chi connectivity index (χ1) is 7.18. The van der Waals surface area contributed by atoms with Gasteiger partial charge in [0, 0.05) is 18.9 Å². The van der Waals surface area contributed by atoms with Crippen molar-refractivity contribution in [2.24, 2.45) is 5.92 Å². The standard InChI is InChI=1S/C11H18N2OS/c1-8-7-11(15)13(12-8)9(2)10-3-5-14-6-4-10/h7,9-10,12H,3-6H2,1-2H3. The summed E-state index contributed by atoms with van der Waals surface area (Å²) in [6, 6.07) is 2.47. The molecule has 1 saturated heterocycles. The van der Waals surface area contributed by atoms with Gasteiger partial charge in [-0.3, -0.25) is 4.68 Å². The molecular weight excluding hydrogens is 208 g/mol. The molecule has 84 valence electrons. The van der Waals surface area contributed by atoms with Crippen molar-refractivity contribution >= 4 is 12.2 Å². The van der Waals surface area contributed by atoms with Crippen LogP contribution < -0.4 is 0 Å². The summed E-state index contributed by atoms with van der Waals surface area (Å²) in [6.07, 6.45) is 2.28. The van der Waals surface area contributed by atoms with Gasteiger partial charge >= 0.3 is 0 Å². The van der Waals surface area contributed by atoms with Crippen molar-refractivity contribution in [2.45, 2.75) is 32.7 Å². The largest absolute Gasteiger partial charge is 0.381 e. The molecular formula is C11H18N2OS. The molecule has 0 amide bonds. The van der Waals surface area contributed by atoms with Gasteiger partial charge in [0.25, 0.3) is 0 Å². The summed E-state index contributed by atoms with van der Waals surface area (Å²) in [4.78, 5) is 0. The number of aryl methyl sites for hydroxylation is 1. The predicted octanol–water partition coefficient (Wildman–Crippen LogP) is 2.84. The van der Waals surface area contributed by atoms with Crippen molar-refractivity contribution < 1.29 is 4.74 Å². The monoisotopic (exact) mass is 226 g/mol. The lowest BCUT2D eigenvalue weighted by Gasteiger charge is -2.28. The lowest BCUT2D eigenvalue weighted by molar-refractivity contribution is 0.0493. The average molecular weight is 226 g/mol. The van der Waals surface area contributed by atoms with E-state index in [2.05, 4.69) is 16.7 Å². The Balaban J connectivity index is 2.15. The SMILES string of the molecule is Cc1cc(=S)n(C(C)C2CCOCC2)[nH]1. The van der Waals surface area contributed by atoms with Gasteiger partial charge in [-0.25, -0.2) is 0 Å². The molecule has 1 aromatic heterocycles. The van der Waals surface area contributed by atoms with Crippen molar-refractivity contribution in [3.05, 3.63) is 16.4 Å². The molecule has 0 spiro atoms. The maximum atomic E-state index is 5.38. The zero-order chi connectivity index (χ0) is 10.8. The van der Waals surface area contributed by atoms with Crippen molar-refractivity contribution in [2.75, 3.05) is 13.2 Å². The first kappa shape index (κ1) is 10.9. The minimum Gasteiger partial charge on any atom is -0.381 e. The van der Waals surface area contributed by atoms with Crippen molar-refractivity contribution in [1.82, 2.24) is 9.78 Å². The Morgan fingerprint density at radius 1 is 1.53 bits per heavy atom. The number of aromatic nitrogens is 2. The lowest BCUT2D eigenvalue weighted by Crippen LogP contribution is -2.24. The molecule has 0 radical (unpaired) electrons. The van der Waals surface area contributed by atoms with Crippen LogP contribution in [-0.4, -0.2) is 23.0 Å². The van der Waals surface area contributed by atoms with Gasteiger partial charge in [0.15, 0.2) is 0 Å². The molecule has 0 bridgehead atoms. The van der Waals surface area contributed by atoms with Gasteiger partial charge in [-0.05, 0) is 38.7 Å². The van der Waals surface area contributed by atoms with Crippen LogP contribution in [0.5, 0.6) is 0 Å². The van der Waals surface area contributed by atoms with E-state index < -0.39 is 0 Å². The van der Waals surface area contributed by atoms with Gasteiger partial charge < -0.3 is 9.84 Å². The minimum atomic E-state index is 0.454. The van der Waals surface area contributed by atoms with E-state index in [1.807, 2.05) is 13.0 Å². The van der Waals surface area contributed by atoms with Gasteiger partial charge in [-0.2, -0.15) is 0 Å². The highest BCUT2D eigenvalue weighted by Gasteiger charge is 2.22. The van der Waals surface area contributed by atoms with Gasteiger partial charge in [0.05, 0.1) is 6.04 Å². The molecule has 2 heterocycles. The molecule has 1 aliphatic rings. The summed E-state index contributed by atoms with van der Waals surface area (Å²) in [5.41, 5.74) is 1.14. The average Bonchev–Trinajstić information content (AvgIpc) is 2.58. The maximum absolute atomic E-state index is 5.38. The Bertz CT molecular complexity index is 376. The maximum Gasteiger partial charge on any atom is 0.122 e. The summed E-state index contributed by atoms with van der Waals surface area (Å²) in [6.45, 7) is 6.06. The zero-order valence-corrected chi connectivity index (χ0v) is 10.1. The van der Waals surface area contributed by atoms with E-state index in [-0.39, 0.29) is 0 Å². The van der Waals surface area contributed by atoms with Crippen molar-refractivity contribution in [1.29, 1.82) is 0 Å². The van der Waals surface area contributed by atoms with Crippen LogP contribution >= 0.6 is 12.2 Å². The summed E-state index contributed by atoms with van der Waals surface area (Å²) in [5.74, 6) is 0.684. The number of ether oxygens (including phenoxy) is 1. The van der Waals surface area contributed by atoms with Crippen molar-refractivity contribution in [3.8, 4) is 0 Å². The van der Waals surface area contributed by atoms with Crippen LogP contribution in [0.2, 0.25) is 0 Å². The normalized spacial score (nSPS) is 20.4. The Labute approximate surface area is 95.4 Å². The van der Waals surface area contributed by atoms with E-state index in [4.69, 9.17) is 17.0 Å². The molecule has 0 aliphatic carbocycles. The molecule has 1 atom stereocenters. The van der Waals surface area contributed by atoms with Crippen LogP contribution in [0.15, 0.2) is 6.07 Å². The third-order valence-electron chi connectivity index (χ3n) is 3.23. The first-order valence-corrected chi connectivity index (χ1v) is 5.95. The molecule has 1 fully saturated rings. The summed E-state index contributed by atoms with van der Waals surface area (Å²) >= 11 is 5.32. The van der Waals surface area contributed by atoms with Gasteiger partial charge in [0.2, 0.25) is 0 Å². The highest BCUT2D eigenvalue weighted by atomic mass is 32.1. The minimum absolute atomic E-state index is 0.454. The molecule has 1 aliphatic heterocycles. The first-order valence-electron chi connectivity index (χ1n) is 5.54. The third-order valence-corrected chi connectivity index (χ3v) is 3.54. The van der Waals surface area contributed by atoms with Crippen LogP contribution in [0.1, 0.15) is 31.5 Å². The molecule has 1 unspecified atom stereocenters. The van der Waals surface area contributed by atoms with Crippen LogP contribution in [0, 0.1) is 17.5 Å².